The van der Waals surface area contributed by atoms with Crippen molar-refractivity contribution in [1.29, 1.82) is 0 Å². The summed E-state index contributed by atoms with van der Waals surface area (Å²) in [4.78, 5) is 48.4. The summed E-state index contributed by atoms with van der Waals surface area (Å²) in [7, 11) is 0. The highest BCUT2D eigenvalue weighted by Gasteiger charge is 2.32. The summed E-state index contributed by atoms with van der Waals surface area (Å²) in [5.74, 6) is -3.70. The van der Waals surface area contributed by atoms with Crippen LogP contribution in [0, 0.1) is 11.8 Å². The second-order valence-corrected chi connectivity index (χ2v) is 7.47. The molecule has 0 saturated heterocycles. The molecule has 0 spiro atoms. The van der Waals surface area contributed by atoms with Crippen molar-refractivity contribution in [2.75, 3.05) is 12.4 Å². The monoisotopic (exact) mass is 434 g/mol. The van der Waals surface area contributed by atoms with Crippen LogP contribution >= 0.6 is 12.6 Å². The molecule has 0 fully saturated rings. The Morgan fingerprint density at radius 3 is 1.83 bits per heavy atom. The molecule has 11 heteroatoms. The summed E-state index contributed by atoms with van der Waals surface area (Å²) in [5.41, 5.74) is 5.88. The summed E-state index contributed by atoms with van der Waals surface area (Å²) < 4.78 is 0. The van der Waals surface area contributed by atoms with Gasteiger partial charge in [-0.15, -0.1) is 0 Å². The number of amides is 3. The number of hydrogen-bond acceptors (Lipinski definition) is 7. The molecule has 0 heterocycles. The van der Waals surface area contributed by atoms with Crippen LogP contribution < -0.4 is 21.7 Å². The number of aliphatic carboxylic acids is 1. The maximum atomic E-state index is 12.6. The lowest BCUT2D eigenvalue weighted by molar-refractivity contribution is -0.143. The molecule has 29 heavy (non-hydrogen) atoms. The summed E-state index contributed by atoms with van der Waals surface area (Å²) in [6.07, 6.45) is 1.21. The molecular weight excluding hydrogens is 400 g/mol. The standard InChI is InChI=1S/C18H34N4O6S/c1-5-9(3)13(19)16(25)21-12(8-29)15(24)22-14(10(4)6-2)17(26)20-11(7-23)18(27)28/h9-14,23,29H,5-8,19H2,1-4H3,(H,20,26)(H,21,25)(H,22,24)(H,27,28). The first-order chi connectivity index (χ1) is 13.5. The quantitative estimate of drug-likeness (QED) is 0.180. The van der Waals surface area contributed by atoms with Crippen molar-refractivity contribution >= 4 is 36.3 Å². The summed E-state index contributed by atoms with van der Waals surface area (Å²) >= 11 is 4.09. The molecule has 0 aromatic rings. The van der Waals surface area contributed by atoms with Crippen LogP contribution in [0.1, 0.15) is 40.5 Å². The van der Waals surface area contributed by atoms with Gasteiger partial charge in [-0.25, -0.2) is 4.79 Å². The number of thiol groups is 1. The number of nitrogens with one attached hydrogen (secondary N) is 3. The van der Waals surface area contributed by atoms with Crippen molar-refractivity contribution in [2.45, 2.75) is 64.7 Å². The van der Waals surface area contributed by atoms with Gasteiger partial charge in [-0.05, 0) is 11.8 Å². The molecule has 0 aromatic carbocycles. The number of aliphatic hydroxyl groups excluding tert-OH is 1. The molecule has 0 saturated carbocycles. The number of rotatable bonds is 13. The van der Waals surface area contributed by atoms with Crippen molar-refractivity contribution < 1.29 is 29.4 Å². The number of carbonyl (C=O) groups excluding carboxylic acids is 3. The molecule has 0 radical (unpaired) electrons. The Kier molecular flexibility index (Phi) is 12.5. The van der Waals surface area contributed by atoms with E-state index in [1.165, 1.54) is 0 Å². The smallest absolute Gasteiger partial charge is 0.328 e. The Labute approximate surface area is 176 Å². The van der Waals surface area contributed by atoms with Gasteiger partial charge >= 0.3 is 5.97 Å². The highest BCUT2D eigenvalue weighted by Crippen LogP contribution is 2.10. The van der Waals surface area contributed by atoms with Gasteiger partial charge in [0.1, 0.15) is 18.1 Å². The highest BCUT2D eigenvalue weighted by molar-refractivity contribution is 7.80. The maximum absolute atomic E-state index is 12.6. The minimum atomic E-state index is -1.49. The predicted molar refractivity (Wildman–Crippen MR) is 111 cm³/mol. The molecule has 6 atom stereocenters. The van der Waals surface area contributed by atoms with Crippen LogP contribution in [-0.2, 0) is 19.2 Å². The Balaban J connectivity index is 5.25. The van der Waals surface area contributed by atoms with Crippen LogP contribution in [0.4, 0.5) is 0 Å². The van der Waals surface area contributed by atoms with Crippen LogP contribution in [-0.4, -0.2) is 70.4 Å². The van der Waals surface area contributed by atoms with Gasteiger partial charge in [-0.2, -0.15) is 12.6 Å². The van der Waals surface area contributed by atoms with E-state index in [1.54, 1.807) is 13.8 Å². The van der Waals surface area contributed by atoms with E-state index < -0.39 is 54.5 Å². The highest BCUT2D eigenvalue weighted by atomic mass is 32.1. The number of nitrogens with two attached hydrogens (primary N) is 1. The Morgan fingerprint density at radius 2 is 1.41 bits per heavy atom. The van der Waals surface area contributed by atoms with Crippen molar-refractivity contribution in [3.8, 4) is 0 Å². The minimum absolute atomic E-state index is 0.0198. The van der Waals surface area contributed by atoms with Gasteiger partial charge in [0.2, 0.25) is 17.7 Å². The molecule has 0 aromatic heterocycles. The van der Waals surface area contributed by atoms with Crippen molar-refractivity contribution in [3.63, 3.8) is 0 Å². The van der Waals surface area contributed by atoms with E-state index in [-0.39, 0.29) is 17.6 Å². The van der Waals surface area contributed by atoms with Crippen molar-refractivity contribution in [2.24, 2.45) is 17.6 Å². The number of carbonyl (C=O) groups is 4. The van der Waals surface area contributed by atoms with Gasteiger partial charge in [0, 0.05) is 5.75 Å². The third-order valence-electron chi connectivity index (χ3n) is 4.97. The van der Waals surface area contributed by atoms with Crippen LogP contribution in [0.25, 0.3) is 0 Å². The van der Waals surface area contributed by atoms with Gasteiger partial charge in [0.05, 0.1) is 12.6 Å². The first-order valence-corrected chi connectivity index (χ1v) is 10.3. The zero-order valence-electron chi connectivity index (χ0n) is 17.3. The Morgan fingerprint density at radius 1 is 0.897 bits per heavy atom. The minimum Gasteiger partial charge on any atom is -0.480 e. The van der Waals surface area contributed by atoms with Crippen molar-refractivity contribution in [1.82, 2.24) is 16.0 Å². The predicted octanol–water partition coefficient (Wildman–Crippen LogP) is -1.13. The molecule has 0 rings (SSSR count). The summed E-state index contributed by atoms with van der Waals surface area (Å²) in [6.45, 7) is 6.45. The molecule has 7 N–H and O–H groups in total. The van der Waals surface area contributed by atoms with E-state index in [1.807, 2.05) is 13.8 Å². The number of carboxylic acids is 1. The van der Waals surface area contributed by atoms with E-state index in [0.717, 1.165) is 0 Å². The van der Waals surface area contributed by atoms with E-state index in [2.05, 4.69) is 28.6 Å². The van der Waals surface area contributed by atoms with Crippen LogP contribution in [0.15, 0.2) is 0 Å². The Bertz CT molecular complexity index is 577. The van der Waals surface area contributed by atoms with E-state index in [0.29, 0.717) is 12.8 Å². The third-order valence-corrected chi connectivity index (χ3v) is 5.33. The molecule has 6 unspecified atom stereocenters. The first kappa shape index (κ1) is 27.1. The topological polar surface area (TPSA) is 171 Å². The molecule has 3 amide bonds. The fourth-order valence-electron chi connectivity index (χ4n) is 2.38. The van der Waals surface area contributed by atoms with E-state index >= 15 is 0 Å². The molecule has 0 bridgehead atoms. The summed E-state index contributed by atoms with van der Waals surface area (Å²) in [6, 6.07) is -4.35. The third kappa shape index (κ3) is 8.58. The number of hydrogen-bond donors (Lipinski definition) is 7. The lowest BCUT2D eigenvalue weighted by Crippen LogP contribution is -2.59. The second kappa shape index (κ2) is 13.4. The molecule has 0 aliphatic rings. The SMILES string of the molecule is CCC(C)C(N)C(=O)NC(CS)C(=O)NC(C(=O)NC(CO)C(=O)O)C(C)CC. The Hall–Kier alpha value is -1.85. The average Bonchev–Trinajstić information content (AvgIpc) is 2.71. The van der Waals surface area contributed by atoms with Crippen LogP contribution in [0.3, 0.4) is 0 Å². The van der Waals surface area contributed by atoms with E-state index in [4.69, 9.17) is 15.9 Å². The van der Waals surface area contributed by atoms with Gasteiger partial charge in [0.15, 0.2) is 0 Å². The molecule has 0 aliphatic heterocycles. The fourth-order valence-corrected chi connectivity index (χ4v) is 2.63. The van der Waals surface area contributed by atoms with E-state index in [9.17, 15) is 19.2 Å². The first-order valence-electron chi connectivity index (χ1n) is 9.65. The lowest BCUT2D eigenvalue weighted by atomic mass is 9.97. The number of carboxylic acid groups (broad SMARTS) is 1. The van der Waals surface area contributed by atoms with Crippen LogP contribution in [0.2, 0.25) is 0 Å². The summed E-state index contributed by atoms with van der Waals surface area (Å²) in [5, 5.41) is 25.4. The van der Waals surface area contributed by atoms with Gasteiger partial charge in [0.25, 0.3) is 0 Å². The lowest BCUT2D eigenvalue weighted by Gasteiger charge is -2.27. The average molecular weight is 435 g/mol. The zero-order chi connectivity index (χ0) is 22.7. The molecular formula is C18H34N4O6S. The van der Waals surface area contributed by atoms with Gasteiger partial charge in [-0.1, -0.05) is 40.5 Å². The largest absolute Gasteiger partial charge is 0.480 e. The zero-order valence-corrected chi connectivity index (χ0v) is 18.2. The van der Waals surface area contributed by atoms with Gasteiger partial charge < -0.3 is 31.9 Å². The number of aliphatic hydroxyl groups is 1. The normalized spacial score (nSPS) is 17.2. The second-order valence-electron chi connectivity index (χ2n) is 7.11. The fraction of sp³-hybridized carbons (Fsp3) is 0.778. The molecule has 168 valence electrons. The van der Waals surface area contributed by atoms with Crippen LogP contribution in [0.5, 0.6) is 0 Å². The van der Waals surface area contributed by atoms with Crippen molar-refractivity contribution in [3.05, 3.63) is 0 Å². The molecule has 0 aliphatic carbocycles. The van der Waals surface area contributed by atoms with Gasteiger partial charge in [-0.3, -0.25) is 14.4 Å². The maximum Gasteiger partial charge on any atom is 0.328 e. The molecule has 10 nitrogen and oxygen atoms in total.